The third-order valence-electron chi connectivity index (χ3n) is 1.52. The number of benzene rings is 1. The van der Waals surface area contributed by atoms with Gasteiger partial charge in [-0.15, -0.1) is 0 Å². The lowest BCUT2D eigenvalue weighted by molar-refractivity contribution is 0.602. The number of rotatable bonds is 2. The predicted octanol–water partition coefficient (Wildman–Crippen LogP) is 1.65. The molecule has 0 saturated carbocycles. The van der Waals surface area contributed by atoms with Gasteiger partial charge in [0.25, 0.3) is 0 Å². The van der Waals surface area contributed by atoms with Gasteiger partial charge < -0.3 is 0 Å². The molecule has 70 valence electrons. The Morgan fingerprint density at radius 1 is 1.38 bits per heavy atom. The Kier molecular flexibility index (Phi) is 2.73. The summed E-state index contributed by atoms with van der Waals surface area (Å²) in [5.41, 5.74) is 0.242. The minimum atomic E-state index is -3.30. The maximum Gasteiger partial charge on any atom is 0.176 e. The van der Waals surface area contributed by atoms with Crippen LogP contribution >= 0.6 is 11.6 Å². The van der Waals surface area contributed by atoms with Gasteiger partial charge in [-0.05, 0) is 6.07 Å². The largest absolute Gasteiger partial charge is 0.289 e. The van der Waals surface area contributed by atoms with Crippen molar-refractivity contribution < 1.29 is 8.42 Å². The van der Waals surface area contributed by atoms with Crippen molar-refractivity contribution in [3.05, 3.63) is 29.8 Å². The predicted molar refractivity (Wildman–Crippen MR) is 52.2 cm³/mol. The van der Waals surface area contributed by atoms with E-state index in [2.05, 4.69) is 0 Å². The molecule has 0 saturated heterocycles. The van der Waals surface area contributed by atoms with Crippen LogP contribution in [0.25, 0.3) is 0 Å². The van der Waals surface area contributed by atoms with Crippen LogP contribution in [-0.2, 0) is 9.84 Å². The fourth-order valence-corrected chi connectivity index (χ4v) is 2.09. The normalized spacial score (nSPS) is 11.2. The summed E-state index contributed by atoms with van der Waals surface area (Å²) in [6, 6.07) is 6.17. The quantitative estimate of drug-likeness (QED) is 0.766. The van der Waals surface area contributed by atoms with Gasteiger partial charge in [0.2, 0.25) is 0 Å². The van der Waals surface area contributed by atoms with Crippen molar-refractivity contribution in [3.63, 3.8) is 0 Å². The van der Waals surface area contributed by atoms with Crippen LogP contribution in [0.4, 0.5) is 0 Å². The summed E-state index contributed by atoms with van der Waals surface area (Å²) in [5.74, 6) is 0. The van der Waals surface area contributed by atoms with Crippen LogP contribution < -0.4 is 0 Å². The first-order chi connectivity index (χ1) is 5.93. The molecule has 0 heterocycles. The van der Waals surface area contributed by atoms with Gasteiger partial charge in [0.1, 0.15) is 5.17 Å². The molecular weight excluding hydrogens is 210 g/mol. The molecule has 1 rings (SSSR count). The third kappa shape index (κ3) is 2.29. The van der Waals surface area contributed by atoms with E-state index in [1.54, 1.807) is 12.1 Å². The van der Waals surface area contributed by atoms with Crippen molar-refractivity contribution in [1.82, 2.24) is 0 Å². The van der Waals surface area contributed by atoms with Crippen molar-refractivity contribution in [2.75, 3.05) is 6.26 Å². The van der Waals surface area contributed by atoms with Gasteiger partial charge in [-0.25, -0.2) is 8.42 Å². The highest BCUT2D eigenvalue weighted by Crippen LogP contribution is 2.16. The molecule has 5 heteroatoms. The van der Waals surface area contributed by atoms with E-state index >= 15 is 0 Å². The molecule has 0 spiro atoms. The smallest absolute Gasteiger partial charge is 0.176 e. The van der Waals surface area contributed by atoms with Crippen molar-refractivity contribution >= 4 is 26.6 Å². The SMILES string of the molecule is CS(=O)(=O)c1ccccc1C(=N)Cl. The van der Waals surface area contributed by atoms with Crippen LogP contribution in [0.15, 0.2) is 29.2 Å². The van der Waals surface area contributed by atoms with Gasteiger partial charge in [-0.3, -0.25) is 5.41 Å². The second-order valence-corrected chi connectivity index (χ2v) is 4.94. The standard InChI is InChI=1S/C8H8ClNO2S/c1-13(11,12)7-5-3-2-4-6(7)8(9)10/h2-5,10H,1H3. The molecule has 3 nitrogen and oxygen atoms in total. The van der Waals surface area contributed by atoms with Crippen LogP contribution in [0.2, 0.25) is 0 Å². The van der Waals surface area contributed by atoms with E-state index in [0.717, 1.165) is 6.26 Å². The van der Waals surface area contributed by atoms with E-state index in [1.807, 2.05) is 0 Å². The van der Waals surface area contributed by atoms with E-state index < -0.39 is 9.84 Å². The highest BCUT2D eigenvalue weighted by atomic mass is 35.5. The molecule has 0 aliphatic carbocycles. The van der Waals surface area contributed by atoms with Crippen molar-refractivity contribution in [1.29, 1.82) is 5.41 Å². The third-order valence-corrected chi connectivity index (χ3v) is 2.88. The molecule has 0 atom stereocenters. The first-order valence-electron chi connectivity index (χ1n) is 3.46. The summed E-state index contributed by atoms with van der Waals surface area (Å²) < 4.78 is 22.4. The zero-order valence-corrected chi connectivity index (χ0v) is 8.48. The average Bonchev–Trinajstić information content (AvgIpc) is 2.03. The molecular formula is C8H8ClNO2S. The van der Waals surface area contributed by atoms with E-state index in [4.69, 9.17) is 17.0 Å². The van der Waals surface area contributed by atoms with Crippen molar-refractivity contribution in [2.45, 2.75) is 4.90 Å². The number of hydrogen-bond donors (Lipinski definition) is 1. The monoisotopic (exact) mass is 217 g/mol. The summed E-state index contributed by atoms with van der Waals surface area (Å²) in [6.07, 6.45) is 1.09. The minimum absolute atomic E-state index is 0.0926. The fraction of sp³-hybridized carbons (Fsp3) is 0.125. The zero-order valence-electron chi connectivity index (χ0n) is 6.91. The number of hydrogen-bond acceptors (Lipinski definition) is 3. The highest BCUT2D eigenvalue weighted by molar-refractivity contribution is 7.90. The van der Waals surface area contributed by atoms with Gasteiger partial charge in [0.05, 0.1) is 4.90 Å². The lowest BCUT2D eigenvalue weighted by Crippen LogP contribution is -2.04. The van der Waals surface area contributed by atoms with Crippen LogP contribution in [0, 0.1) is 5.41 Å². The minimum Gasteiger partial charge on any atom is -0.289 e. The van der Waals surface area contributed by atoms with Gasteiger partial charge in [-0.2, -0.15) is 0 Å². The molecule has 13 heavy (non-hydrogen) atoms. The van der Waals surface area contributed by atoms with Crippen molar-refractivity contribution in [2.24, 2.45) is 0 Å². The van der Waals surface area contributed by atoms with E-state index in [9.17, 15) is 8.42 Å². The molecule has 0 bridgehead atoms. The van der Waals surface area contributed by atoms with Crippen LogP contribution in [0.5, 0.6) is 0 Å². The molecule has 0 aliphatic heterocycles. The first-order valence-corrected chi connectivity index (χ1v) is 5.73. The molecule has 1 aromatic carbocycles. The molecule has 0 aliphatic rings. The van der Waals surface area contributed by atoms with E-state index in [-0.39, 0.29) is 15.6 Å². The maximum atomic E-state index is 11.2. The molecule has 0 unspecified atom stereocenters. The van der Waals surface area contributed by atoms with Crippen molar-refractivity contribution in [3.8, 4) is 0 Å². The topological polar surface area (TPSA) is 58.0 Å². The zero-order chi connectivity index (χ0) is 10.1. The van der Waals surface area contributed by atoms with Gasteiger partial charge >= 0.3 is 0 Å². The lowest BCUT2D eigenvalue weighted by atomic mass is 10.2. The molecule has 0 radical (unpaired) electrons. The highest BCUT2D eigenvalue weighted by Gasteiger charge is 2.13. The van der Waals surface area contributed by atoms with Crippen LogP contribution in [0.1, 0.15) is 5.56 Å². The molecule has 0 aromatic heterocycles. The molecule has 0 amide bonds. The summed E-state index contributed by atoms with van der Waals surface area (Å²) >= 11 is 5.43. The van der Waals surface area contributed by atoms with E-state index in [0.29, 0.717) is 0 Å². The first kappa shape index (κ1) is 10.2. The van der Waals surface area contributed by atoms with E-state index in [1.165, 1.54) is 12.1 Å². The average molecular weight is 218 g/mol. The molecule has 1 N–H and O–H groups in total. The number of nitrogens with one attached hydrogen (secondary N) is 1. The Morgan fingerprint density at radius 2 is 1.92 bits per heavy atom. The summed E-state index contributed by atoms with van der Waals surface area (Å²) in [5, 5.41) is 6.89. The van der Waals surface area contributed by atoms with Crippen LogP contribution in [0.3, 0.4) is 0 Å². The lowest BCUT2D eigenvalue weighted by Gasteiger charge is -2.03. The number of halogens is 1. The summed E-state index contributed by atoms with van der Waals surface area (Å²) in [6.45, 7) is 0. The van der Waals surface area contributed by atoms with Gasteiger partial charge in [0, 0.05) is 11.8 Å². The second kappa shape index (κ2) is 3.47. The fourth-order valence-electron chi connectivity index (χ4n) is 0.971. The Labute approximate surface area is 81.8 Å². The van der Waals surface area contributed by atoms with Crippen LogP contribution in [-0.4, -0.2) is 19.8 Å². The van der Waals surface area contributed by atoms with Gasteiger partial charge in [0.15, 0.2) is 9.84 Å². The Balaban J connectivity index is 3.46. The molecule has 0 fully saturated rings. The van der Waals surface area contributed by atoms with Gasteiger partial charge in [-0.1, -0.05) is 29.8 Å². The second-order valence-electron chi connectivity index (χ2n) is 2.58. The summed E-state index contributed by atoms with van der Waals surface area (Å²) in [7, 11) is -3.30. The Morgan fingerprint density at radius 3 is 2.31 bits per heavy atom. The summed E-state index contributed by atoms with van der Waals surface area (Å²) in [4.78, 5) is 0.0926. The maximum absolute atomic E-state index is 11.2. The number of sulfone groups is 1. The Bertz CT molecular complexity index is 439. The Hall–Kier alpha value is -0.870. The molecule has 1 aromatic rings.